The Balaban J connectivity index is 1.82. The fraction of sp³-hybridized carbons (Fsp3) is 0.500. The number of rotatable bonds is 6. The van der Waals surface area contributed by atoms with Gasteiger partial charge < -0.3 is 20.1 Å². The van der Waals surface area contributed by atoms with E-state index >= 15 is 0 Å². The summed E-state index contributed by atoms with van der Waals surface area (Å²) in [5, 5.41) is 5.89. The molecule has 0 saturated carbocycles. The van der Waals surface area contributed by atoms with Crippen LogP contribution in [0, 0.1) is 5.92 Å². The maximum atomic E-state index is 11.1. The third-order valence-corrected chi connectivity index (χ3v) is 3.10. The molecule has 1 aliphatic rings. The minimum absolute atomic E-state index is 0.0381. The molecule has 0 radical (unpaired) electrons. The van der Waals surface area contributed by atoms with Gasteiger partial charge in [-0.2, -0.15) is 0 Å². The summed E-state index contributed by atoms with van der Waals surface area (Å²) in [5.41, 5.74) is 1.00. The molecule has 0 spiro atoms. The van der Waals surface area contributed by atoms with Crippen LogP contribution in [0.3, 0.4) is 0 Å². The molecule has 1 amide bonds. The molecule has 1 aromatic rings. The van der Waals surface area contributed by atoms with Gasteiger partial charge in [-0.05, 0) is 18.6 Å². The summed E-state index contributed by atoms with van der Waals surface area (Å²) in [4.78, 5) is 11.1. The van der Waals surface area contributed by atoms with Gasteiger partial charge in [0.1, 0.15) is 5.75 Å². The number of carbonyl (C=O) groups excluding carboxylic acids is 1. The highest BCUT2D eigenvalue weighted by atomic mass is 16.5. The molecule has 1 heterocycles. The van der Waals surface area contributed by atoms with Crippen LogP contribution in [0.1, 0.15) is 6.42 Å². The maximum absolute atomic E-state index is 11.1. The second-order valence-electron chi connectivity index (χ2n) is 4.60. The summed E-state index contributed by atoms with van der Waals surface area (Å²) >= 11 is 0. The van der Waals surface area contributed by atoms with Crippen molar-refractivity contribution < 1.29 is 14.3 Å². The van der Waals surface area contributed by atoms with Gasteiger partial charge in [-0.3, -0.25) is 4.79 Å². The second-order valence-corrected chi connectivity index (χ2v) is 4.60. The quantitative estimate of drug-likeness (QED) is 0.812. The van der Waals surface area contributed by atoms with E-state index in [0.717, 1.165) is 31.9 Å². The van der Waals surface area contributed by atoms with Crippen molar-refractivity contribution >= 4 is 11.6 Å². The van der Waals surface area contributed by atoms with E-state index in [0.29, 0.717) is 11.7 Å². The lowest BCUT2D eigenvalue weighted by atomic mass is 10.1. The van der Waals surface area contributed by atoms with Crippen LogP contribution in [-0.4, -0.2) is 39.3 Å². The third kappa shape index (κ3) is 4.44. The molecule has 5 heteroatoms. The number of benzene rings is 1. The highest BCUT2D eigenvalue weighted by Crippen LogP contribution is 2.19. The van der Waals surface area contributed by atoms with Crippen molar-refractivity contribution in [3.63, 3.8) is 0 Å². The van der Waals surface area contributed by atoms with Crippen LogP contribution in [-0.2, 0) is 9.53 Å². The fourth-order valence-electron chi connectivity index (χ4n) is 1.92. The van der Waals surface area contributed by atoms with Crippen molar-refractivity contribution in [2.24, 2.45) is 5.92 Å². The Hall–Kier alpha value is -1.75. The Labute approximate surface area is 113 Å². The number of hydrogen-bond donors (Lipinski definition) is 2. The van der Waals surface area contributed by atoms with Crippen LogP contribution in [0.25, 0.3) is 0 Å². The zero-order valence-corrected chi connectivity index (χ0v) is 11.1. The van der Waals surface area contributed by atoms with E-state index in [-0.39, 0.29) is 12.5 Å². The summed E-state index contributed by atoms with van der Waals surface area (Å²) in [6, 6.07) is 7.64. The van der Waals surface area contributed by atoms with Crippen LogP contribution < -0.4 is 15.4 Å². The summed E-state index contributed by atoms with van der Waals surface area (Å²) in [6.45, 7) is 2.64. The van der Waals surface area contributed by atoms with Crippen molar-refractivity contribution in [2.45, 2.75) is 6.42 Å². The van der Waals surface area contributed by atoms with Crippen LogP contribution in [0.15, 0.2) is 24.3 Å². The second kappa shape index (κ2) is 6.99. The largest absolute Gasteiger partial charge is 0.484 e. The molecule has 0 aromatic heterocycles. The van der Waals surface area contributed by atoms with Gasteiger partial charge in [-0.25, -0.2) is 0 Å². The molecule has 1 fully saturated rings. The number of nitrogens with one attached hydrogen (secondary N) is 2. The smallest absolute Gasteiger partial charge is 0.257 e. The minimum atomic E-state index is -0.138. The molecule has 2 N–H and O–H groups in total. The summed E-state index contributed by atoms with van der Waals surface area (Å²) in [7, 11) is 1.59. The lowest BCUT2D eigenvalue weighted by molar-refractivity contribution is -0.122. The van der Waals surface area contributed by atoms with Gasteiger partial charge in [0.25, 0.3) is 5.91 Å². The first-order valence-corrected chi connectivity index (χ1v) is 6.53. The predicted octanol–water partition coefficient (Wildman–Crippen LogP) is 1.26. The SMILES string of the molecule is CNC(=O)COc1cccc(NCC2CCOC2)c1. The van der Waals surface area contributed by atoms with Gasteiger partial charge in [0.05, 0.1) is 6.61 Å². The normalized spacial score (nSPS) is 18.1. The van der Waals surface area contributed by atoms with E-state index in [1.807, 2.05) is 24.3 Å². The van der Waals surface area contributed by atoms with Crippen molar-refractivity contribution in [1.29, 1.82) is 0 Å². The van der Waals surface area contributed by atoms with E-state index in [4.69, 9.17) is 9.47 Å². The zero-order valence-electron chi connectivity index (χ0n) is 11.1. The molecule has 2 rings (SSSR count). The average Bonchev–Trinajstić information content (AvgIpc) is 2.96. The monoisotopic (exact) mass is 264 g/mol. The highest BCUT2D eigenvalue weighted by Gasteiger charge is 2.14. The zero-order chi connectivity index (χ0) is 13.5. The number of anilines is 1. The van der Waals surface area contributed by atoms with E-state index < -0.39 is 0 Å². The van der Waals surface area contributed by atoms with Crippen LogP contribution in [0.2, 0.25) is 0 Å². The minimum Gasteiger partial charge on any atom is -0.484 e. The van der Waals surface area contributed by atoms with Crippen molar-refractivity contribution in [2.75, 3.05) is 38.7 Å². The standard InChI is InChI=1S/C14H20N2O3/c1-15-14(17)10-19-13-4-2-3-12(7-13)16-8-11-5-6-18-9-11/h2-4,7,11,16H,5-6,8-10H2,1H3,(H,15,17). The molecule has 0 bridgehead atoms. The summed E-state index contributed by atoms with van der Waals surface area (Å²) < 4.78 is 10.7. The molecule has 19 heavy (non-hydrogen) atoms. The van der Waals surface area contributed by atoms with Gasteiger partial charge in [-0.15, -0.1) is 0 Å². The van der Waals surface area contributed by atoms with Gasteiger partial charge in [-0.1, -0.05) is 6.07 Å². The fourth-order valence-corrected chi connectivity index (χ4v) is 1.92. The molecule has 1 unspecified atom stereocenters. The van der Waals surface area contributed by atoms with E-state index in [9.17, 15) is 4.79 Å². The molecule has 5 nitrogen and oxygen atoms in total. The number of likely N-dealkylation sites (N-methyl/N-ethyl adjacent to an activating group) is 1. The first-order valence-electron chi connectivity index (χ1n) is 6.53. The van der Waals surface area contributed by atoms with Crippen molar-refractivity contribution in [3.05, 3.63) is 24.3 Å². The molecule has 1 aromatic carbocycles. The highest BCUT2D eigenvalue weighted by molar-refractivity contribution is 5.77. The van der Waals surface area contributed by atoms with Gasteiger partial charge >= 0.3 is 0 Å². The van der Waals surface area contributed by atoms with Gasteiger partial charge in [0.15, 0.2) is 6.61 Å². The van der Waals surface area contributed by atoms with Crippen LogP contribution in [0.5, 0.6) is 5.75 Å². The van der Waals surface area contributed by atoms with Crippen LogP contribution >= 0.6 is 0 Å². The van der Waals surface area contributed by atoms with Gasteiger partial charge in [0, 0.05) is 37.9 Å². The molecule has 1 atom stereocenters. The van der Waals surface area contributed by atoms with E-state index in [1.54, 1.807) is 7.05 Å². The lowest BCUT2D eigenvalue weighted by Gasteiger charge is -2.12. The van der Waals surface area contributed by atoms with Crippen molar-refractivity contribution in [1.82, 2.24) is 5.32 Å². The Morgan fingerprint density at radius 1 is 1.53 bits per heavy atom. The molecular weight excluding hydrogens is 244 g/mol. The molecule has 1 aliphatic heterocycles. The first-order chi connectivity index (χ1) is 9.28. The number of hydrogen-bond acceptors (Lipinski definition) is 4. The summed E-state index contributed by atoms with van der Waals surface area (Å²) in [6.07, 6.45) is 1.11. The Kier molecular flexibility index (Phi) is 5.03. The van der Waals surface area contributed by atoms with Crippen LogP contribution in [0.4, 0.5) is 5.69 Å². The lowest BCUT2D eigenvalue weighted by Crippen LogP contribution is -2.24. The number of carbonyl (C=O) groups is 1. The Morgan fingerprint density at radius 2 is 2.42 bits per heavy atom. The number of amides is 1. The average molecular weight is 264 g/mol. The topological polar surface area (TPSA) is 59.6 Å². The first kappa shape index (κ1) is 13.7. The van der Waals surface area contributed by atoms with Gasteiger partial charge in [0.2, 0.25) is 0 Å². The third-order valence-electron chi connectivity index (χ3n) is 3.10. The number of ether oxygens (including phenoxy) is 2. The summed E-state index contributed by atoms with van der Waals surface area (Å²) in [5.74, 6) is 1.13. The predicted molar refractivity (Wildman–Crippen MR) is 73.4 cm³/mol. The molecular formula is C14H20N2O3. The maximum Gasteiger partial charge on any atom is 0.257 e. The Morgan fingerprint density at radius 3 is 3.16 bits per heavy atom. The molecule has 0 aliphatic carbocycles. The van der Waals surface area contributed by atoms with Crippen molar-refractivity contribution in [3.8, 4) is 5.75 Å². The van der Waals surface area contributed by atoms with E-state index in [2.05, 4.69) is 10.6 Å². The van der Waals surface area contributed by atoms with E-state index in [1.165, 1.54) is 0 Å². The molecule has 104 valence electrons. The molecule has 1 saturated heterocycles. The Bertz CT molecular complexity index is 417.